The van der Waals surface area contributed by atoms with Gasteiger partial charge in [0.15, 0.2) is 0 Å². The van der Waals surface area contributed by atoms with Gasteiger partial charge in [-0.05, 0) is 42.2 Å². The van der Waals surface area contributed by atoms with Gasteiger partial charge in [-0.2, -0.15) is 4.98 Å². The third-order valence-electron chi connectivity index (χ3n) is 4.87. The van der Waals surface area contributed by atoms with Gasteiger partial charge in [-0.15, -0.1) is 0 Å². The van der Waals surface area contributed by atoms with E-state index in [0.717, 1.165) is 24.2 Å². The first-order valence-corrected chi connectivity index (χ1v) is 9.51. The maximum atomic E-state index is 12.7. The van der Waals surface area contributed by atoms with Gasteiger partial charge in [0.1, 0.15) is 16.4 Å². The average molecular weight is 392 g/mol. The van der Waals surface area contributed by atoms with Gasteiger partial charge in [-0.25, -0.2) is 0 Å². The molecule has 0 saturated carbocycles. The molecule has 2 heterocycles. The van der Waals surface area contributed by atoms with E-state index >= 15 is 0 Å². The SMILES string of the molecule is Cc1cccc(NC(=S)c2c(N)nc(N3CCc4ccccc4C3)[nH]c2=O)c1. The molecule has 3 aromatic rings. The predicted octanol–water partition coefficient (Wildman–Crippen LogP) is 3.01. The van der Waals surface area contributed by atoms with Crippen molar-refractivity contribution < 1.29 is 0 Å². The first-order valence-electron chi connectivity index (χ1n) is 9.11. The van der Waals surface area contributed by atoms with Crippen LogP contribution in [0.3, 0.4) is 0 Å². The molecular weight excluding hydrogens is 370 g/mol. The number of nitrogens with zero attached hydrogens (tertiary/aromatic N) is 2. The van der Waals surface area contributed by atoms with Crippen LogP contribution in [0.1, 0.15) is 22.3 Å². The lowest BCUT2D eigenvalue weighted by Crippen LogP contribution is -2.35. The van der Waals surface area contributed by atoms with Gasteiger partial charge in [-0.1, -0.05) is 48.6 Å². The van der Waals surface area contributed by atoms with Crippen molar-refractivity contribution in [1.29, 1.82) is 0 Å². The van der Waals surface area contributed by atoms with Gasteiger partial charge in [0, 0.05) is 18.8 Å². The summed E-state index contributed by atoms with van der Waals surface area (Å²) in [6, 6.07) is 16.0. The summed E-state index contributed by atoms with van der Waals surface area (Å²) in [6.07, 6.45) is 0.898. The molecule has 0 aliphatic carbocycles. The fourth-order valence-corrected chi connectivity index (χ4v) is 3.76. The van der Waals surface area contributed by atoms with Crippen molar-refractivity contribution in [2.75, 3.05) is 22.5 Å². The Morgan fingerprint density at radius 3 is 2.75 bits per heavy atom. The second-order valence-electron chi connectivity index (χ2n) is 6.91. The van der Waals surface area contributed by atoms with E-state index in [1.54, 1.807) is 0 Å². The number of thiocarbonyl (C=S) groups is 1. The second kappa shape index (κ2) is 7.44. The van der Waals surface area contributed by atoms with Crippen LogP contribution < -0.4 is 21.5 Å². The fourth-order valence-electron chi connectivity index (χ4n) is 3.44. The number of hydrogen-bond donors (Lipinski definition) is 3. The number of rotatable bonds is 3. The minimum atomic E-state index is -0.341. The van der Waals surface area contributed by atoms with Crippen molar-refractivity contribution in [3.63, 3.8) is 0 Å². The van der Waals surface area contributed by atoms with Crippen LogP contribution in [0.2, 0.25) is 0 Å². The number of nitrogen functional groups attached to an aromatic ring is 1. The highest BCUT2D eigenvalue weighted by Crippen LogP contribution is 2.22. The molecule has 2 aromatic carbocycles. The Bertz CT molecular complexity index is 1110. The average Bonchev–Trinajstić information content (AvgIpc) is 2.67. The van der Waals surface area contributed by atoms with E-state index in [4.69, 9.17) is 18.0 Å². The quantitative estimate of drug-likeness (QED) is 0.595. The number of aryl methyl sites for hydroxylation is 1. The van der Waals surface area contributed by atoms with Crippen LogP contribution >= 0.6 is 12.2 Å². The molecule has 0 fully saturated rings. The fraction of sp³-hybridized carbons (Fsp3) is 0.190. The van der Waals surface area contributed by atoms with Crippen molar-refractivity contribution in [2.45, 2.75) is 19.9 Å². The molecule has 0 amide bonds. The van der Waals surface area contributed by atoms with Crippen LogP contribution in [0.5, 0.6) is 0 Å². The molecule has 0 atom stereocenters. The van der Waals surface area contributed by atoms with E-state index in [1.165, 1.54) is 11.1 Å². The number of nitrogens with one attached hydrogen (secondary N) is 2. The van der Waals surface area contributed by atoms with Crippen molar-refractivity contribution in [3.05, 3.63) is 81.1 Å². The molecule has 1 aliphatic rings. The lowest BCUT2D eigenvalue weighted by atomic mass is 10.0. The van der Waals surface area contributed by atoms with Gasteiger partial charge < -0.3 is 16.0 Å². The maximum absolute atomic E-state index is 12.7. The number of nitrogens with two attached hydrogens (primary N) is 1. The zero-order valence-electron chi connectivity index (χ0n) is 15.5. The summed E-state index contributed by atoms with van der Waals surface area (Å²) >= 11 is 5.41. The van der Waals surface area contributed by atoms with Gasteiger partial charge in [0.25, 0.3) is 5.56 Å². The Morgan fingerprint density at radius 2 is 2.00 bits per heavy atom. The number of H-pyrrole nitrogens is 1. The summed E-state index contributed by atoms with van der Waals surface area (Å²) in [5.74, 6) is 0.599. The van der Waals surface area contributed by atoms with Gasteiger partial charge in [0.2, 0.25) is 5.95 Å². The summed E-state index contributed by atoms with van der Waals surface area (Å²) < 4.78 is 0. The zero-order valence-corrected chi connectivity index (χ0v) is 16.3. The van der Waals surface area contributed by atoms with Crippen LogP contribution in [0.15, 0.2) is 53.3 Å². The second-order valence-corrected chi connectivity index (χ2v) is 7.32. The molecule has 0 radical (unpaired) electrons. The Kier molecular flexibility index (Phi) is 4.83. The highest BCUT2D eigenvalue weighted by atomic mass is 32.1. The molecule has 0 spiro atoms. The van der Waals surface area contributed by atoms with E-state index < -0.39 is 0 Å². The van der Waals surface area contributed by atoms with Crippen molar-refractivity contribution >= 4 is 34.7 Å². The molecule has 4 N–H and O–H groups in total. The van der Waals surface area contributed by atoms with Crippen LogP contribution in [-0.4, -0.2) is 21.5 Å². The lowest BCUT2D eigenvalue weighted by molar-refractivity contribution is 0.706. The first-order chi connectivity index (χ1) is 13.5. The Balaban J connectivity index is 1.59. The summed E-state index contributed by atoms with van der Waals surface area (Å²) in [4.78, 5) is 22.3. The van der Waals surface area contributed by atoms with Gasteiger partial charge in [0.05, 0.1) is 0 Å². The Hall–Kier alpha value is -3.19. The Morgan fingerprint density at radius 1 is 1.21 bits per heavy atom. The molecule has 0 saturated heterocycles. The normalized spacial score (nSPS) is 13.1. The molecule has 142 valence electrons. The van der Waals surface area contributed by atoms with E-state index in [0.29, 0.717) is 12.5 Å². The summed E-state index contributed by atoms with van der Waals surface area (Å²) in [7, 11) is 0. The monoisotopic (exact) mass is 391 g/mol. The predicted molar refractivity (Wildman–Crippen MR) is 117 cm³/mol. The first kappa shape index (κ1) is 18.2. The molecule has 0 bridgehead atoms. The van der Waals surface area contributed by atoms with Crippen LogP contribution in [-0.2, 0) is 13.0 Å². The van der Waals surface area contributed by atoms with Crippen LogP contribution in [0.25, 0.3) is 0 Å². The smallest absolute Gasteiger partial charge is 0.264 e. The minimum Gasteiger partial charge on any atom is -0.383 e. The third kappa shape index (κ3) is 3.61. The summed E-state index contributed by atoms with van der Waals surface area (Å²) in [5.41, 5.74) is 10.4. The highest BCUT2D eigenvalue weighted by Gasteiger charge is 2.21. The zero-order chi connectivity index (χ0) is 19.7. The molecule has 4 rings (SSSR count). The van der Waals surface area contributed by atoms with Crippen molar-refractivity contribution in [1.82, 2.24) is 9.97 Å². The number of aromatic amines is 1. The Labute approximate surface area is 168 Å². The molecule has 7 heteroatoms. The molecule has 28 heavy (non-hydrogen) atoms. The summed E-state index contributed by atoms with van der Waals surface area (Å²) in [6.45, 7) is 3.44. The molecule has 1 aliphatic heterocycles. The van der Waals surface area contributed by atoms with E-state index in [9.17, 15) is 4.79 Å². The van der Waals surface area contributed by atoms with E-state index in [-0.39, 0.29) is 21.9 Å². The molecule has 6 nitrogen and oxygen atoms in total. The largest absolute Gasteiger partial charge is 0.383 e. The van der Waals surface area contributed by atoms with Gasteiger partial charge in [-0.3, -0.25) is 9.78 Å². The minimum absolute atomic E-state index is 0.128. The number of fused-ring (bicyclic) bond motifs is 1. The number of benzene rings is 2. The van der Waals surface area contributed by atoms with Crippen LogP contribution in [0, 0.1) is 6.92 Å². The molecule has 0 unspecified atom stereocenters. The number of aromatic nitrogens is 2. The molecular formula is C21H21N5OS. The maximum Gasteiger partial charge on any atom is 0.264 e. The number of anilines is 3. The van der Waals surface area contributed by atoms with E-state index in [1.807, 2.05) is 48.2 Å². The molecule has 1 aromatic heterocycles. The van der Waals surface area contributed by atoms with Crippen molar-refractivity contribution in [3.8, 4) is 0 Å². The van der Waals surface area contributed by atoms with Gasteiger partial charge >= 0.3 is 0 Å². The summed E-state index contributed by atoms with van der Waals surface area (Å²) in [5, 5.41) is 3.07. The van der Waals surface area contributed by atoms with E-state index in [2.05, 4.69) is 27.4 Å². The van der Waals surface area contributed by atoms with Crippen molar-refractivity contribution in [2.24, 2.45) is 0 Å². The van der Waals surface area contributed by atoms with Crippen LogP contribution in [0.4, 0.5) is 17.5 Å². The topological polar surface area (TPSA) is 87.0 Å². The third-order valence-corrected chi connectivity index (χ3v) is 5.17. The lowest BCUT2D eigenvalue weighted by Gasteiger charge is -2.29. The highest BCUT2D eigenvalue weighted by molar-refractivity contribution is 7.81. The number of hydrogen-bond acceptors (Lipinski definition) is 5. The standard InChI is InChI=1S/C21H21N5OS/c1-13-5-4-8-16(11-13)23-20(28)17-18(22)24-21(25-19(17)27)26-10-9-14-6-2-3-7-15(14)12-26/h2-8,11H,9-10,12H2,1H3,(H,23,28)(H3,22,24,25,27).